The van der Waals surface area contributed by atoms with Gasteiger partial charge in [0.2, 0.25) is 11.7 Å². The largest absolute Gasteiger partial charge is 0.363 e. The third-order valence-corrected chi connectivity index (χ3v) is 4.20. The van der Waals surface area contributed by atoms with Crippen LogP contribution in [0.25, 0.3) is 0 Å². The van der Waals surface area contributed by atoms with Crippen molar-refractivity contribution in [2.75, 3.05) is 19.7 Å². The minimum absolute atomic E-state index is 0.0359. The minimum Gasteiger partial charge on any atom is -0.363 e. The first-order valence-corrected chi connectivity index (χ1v) is 6.74. The third-order valence-electron chi connectivity index (χ3n) is 4.20. The van der Waals surface area contributed by atoms with Gasteiger partial charge in [0.1, 0.15) is 6.61 Å². The molecule has 20 heavy (non-hydrogen) atoms. The van der Waals surface area contributed by atoms with Gasteiger partial charge in [-0.2, -0.15) is 0 Å². The van der Waals surface area contributed by atoms with E-state index in [0.717, 1.165) is 0 Å². The summed E-state index contributed by atoms with van der Waals surface area (Å²) in [7, 11) is 0. The second kappa shape index (κ2) is 4.90. The summed E-state index contributed by atoms with van der Waals surface area (Å²) in [5, 5.41) is 6.46. The predicted octanol–water partition coefficient (Wildman–Crippen LogP) is 0.184. The fourth-order valence-electron chi connectivity index (χ4n) is 2.90. The normalized spacial score (nSPS) is 25.6. The zero-order valence-electron chi connectivity index (χ0n) is 11.3. The number of carbonyl (C=O) groups is 2. The number of likely N-dealkylation sites (tertiary alicyclic amines) is 1. The van der Waals surface area contributed by atoms with Crippen LogP contribution in [-0.2, 0) is 9.53 Å². The Morgan fingerprint density at radius 3 is 2.85 bits per heavy atom. The molecule has 0 radical (unpaired) electrons. The van der Waals surface area contributed by atoms with Gasteiger partial charge in [-0.25, -0.2) is 0 Å². The summed E-state index contributed by atoms with van der Waals surface area (Å²) in [6.07, 6.45) is 2.86. The highest BCUT2D eigenvalue weighted by atomic mass is 16.5. The first kappa shape index (κ1) is 13.1. The lowest BCUT2D eigenvalue weighted by molar-refractivity contribution is -0.158. The lowest BCUT2D eigenvalue weighted by Gasteiger charge is -2.47. The average molecular weight is 279 g/mol. The summed E-state index contributed by atoms with van der Waals surface area (Å²) in [5.41, 5.74) is -0.355. The molecular weight excluding hydrogens is 262 g/mol. The Bertz CT molecular complexity index is 506. The summed E-state index contributed by atoms with van der Waals surface area (Å²) in [6, 6.07) is 1.53. The van der Waals surface area contributed by atoms with Gasteiger partial charge >= 0.3 is 0 Å². The van der Waals surface area contributed by atoms with Crippen molar-refractivity contribution in [3.05, 3.63) is 18.0 Å². The highest BCUT2D eigenvalue weighted by Gasteiger charge is 2.45. The molecule has 2 amide bonds. The molecule has 0 aromatic carbocycles. The highest BCUT2D eigenvalue weighted by molar-refractivity contribution is 5.91. The molecule has 1 unspecified atom stereocenters. The number of ether oxygens (including phenoxy) is 1. The molecule has 1 aromatic rings. The van der Waals surface area contributed by atoms with Crippen LogP contribution in [0, 0.1) is 0 Å². The van der Waals surface area contributed by atoms with Crippen LogP contribution in [0.15, 0.2) is 16.8 Å². The molecule has 3 rings (SSSR count). The maximum Gasteiger partial charge on any atom is 0.292 e. The van der Waals surface area contributed by atoms with Gasteiger partial charge in [-0.05, 0) is 19.8 Å². The Balaban J connectivity index is 1.65. The van der Waals surface area contributed by atoms with Crippen molar-refractivity contribution < 1.29 is 18.8 Å². The van der Waals surface area contributed by atoms with Crippen LogP contribution < -0.4 is 5.32 Å². The Morgan fingerprint density at radius 2 is 2.25 bits per heavy atom. The van der Waals surface area contributed by atoms with E-state index < -0.39 is 0 Å². The zero-order chi connectivity index (χ0) is 14.2. The zero-order valence-corrected chi connectivity index (χ0v) is 11.3. The lowest BCUT2D eigenvalue weighted by Crippen LogP contribution is -2.63. The summed E-state index contributed by atoms with van der Waals surface area (Å²) in [4.78, 5) is 25.2. The molecule has 0 bridgehead atoms. The topological polar surface area (TPSA) is 84.7 Å². The summed E-state index contributed by atoms with van der Waals surface area (Å²) in [6.45, 7) is 3.21. The first-order chi connectivity index (χ1) is 9.61. The van der Waals surface area contributed by atoms with Crippen LogP contribution in [0.5, 0.6) is 0 Å². The van der Waals surface area contributed by atoms with Crippen molar-refractivity contribution in [2.45, 2.75) is 31.4 Å². The molecule has 1 aromatic heterocycles. The monoisotopic (exact) mass is 279 g/mol. The van der Waals surface area contributed by atoms with Gasteiger partial charge in [0.25, 0.3) is 5.91 Å². The number of hydrogen-bond acceptors (Lipinski definition) is 5. The van der Waals surface area contributed by atoms with Crippen molar-refractivity contribution >= 4 is 11.8 Å². The minimum atomic E-state index is -0.355. The number of nitrogens with zero attached hydrogens (tertiary/aromatic N) is 2. The molecule has 2 saturated heterocycles. The van der Waals surface area contributed by atoms with Gasteiger partial charge in [-0.3, -0.25) is 9.59 Å². The number of aromatic nitrogens is 1. The number of nitrogens with one attached hydrogen (secondary N) is 1. The molecule has 1 spiro atoms. The molecule has 1 atom stereocenters. The van der Waals surface area contributed by atoms with Crippen molar-refractivity contribution in [2.24, 2.45) is 0 Å². The predicted molar refractivity (Wildman–Crippen MR) is 67.9 cm³/mol. The summed E-state index contributed by atoms with van der Waals surface area (Å²) < 4.78 is 10.7. The van der Waals surface area contributed by atoms with Gasteiger partial charge in [0, 0.05) is 19.2 Å². The molecule has 2 fully saturated rings. The Morgan fingerprint density at radius 1 is 1.50 bits per heavy atom. The second-order valence-corrected chi connectivity index (χ2v) is 5.31. The van der Waals surface area contributed by atoms with Crippen molar-refractivity contribution in [3.8, 4) is 0 Å². The third kappa shape index (κ3) is 2.18. The van der Waals surface area contributed by atoms with Gasteiger partial charge in [-0.1, -0.05) is 5.16 Å². The van der Waals surface area contributed by atoms with E-state index in [1.54, 1.807) is 11.0 Å². The molecule has 2 aliphatic heterocycles. The molecule has 7 heteroatoms. The fraction of sp³-hybridized carbons (Fsp3) is 0.615. The van der Waals surface area contributed by atoms with Crippen LogP contribution in [0.2, 0.25) is 0 Å². The SMILES string of the molecule is CC1NC(=O)COC12CCN(C(=O)c1ccno1)CC2. The van der Waals surface area contributed by atoms with E-state index in [4.69, 9.17) is 9.26 Å². The fourth-order valence-corrected chi connectivity index (χ4v) is 2.90. The van der Waals surface area contributed by atoms with E-state index in [0.29, 0.717) is 25.9 Å². The number of piperidine rings is 1. The van der Waals surface area contributed by atoms with Crippen molar-refractivity contribution in [1.29, 1.82) is 0 Å². The molecule has 1 N–H and O–H groups in total. The quantitative estimate of drug-likeness (QED) is 0.793. The van der Waals surface area contributed by atoms with E-state index in [2.05, 4.69) is 10.5 Å². The Hall–Kier alpha value is -1.89. The van der Waals surface area contributed by atoms with Crippen LogP contribution in [0.3, 0.4) is 0 Å². The van der Waals surface area contributed by atoms with E-state index in [9.17, 15) is 9.59 Å². The Labute approximate surface area is 116 Å². The van der Waals surface area contributed by atoms with Crippen molar-refractivity contribution in [1.82, 2.24) is 15.4 Å². The van der Waals surface area contributed by atoms with Gasteiger partial charge in [0.05, 0.1) is 17.8 Å². The molecule has 0 aliphatic carbocycles. The van der Waals surface area contributed by atoms with E-state index in [1.807, 2.05) is 6.92 Å². The molecule has 108 valence electrons. The average Bonchev–Trinajstić information content (AvgIpc) is 2.98. The van der Waals surface area contributed by atoms with Crippen LogP contribution in [-0.4, -0.2) is 53.2 Å². The van der Waals surface area contributed by atoms with E-state index in [1.165, 1.54) is 6.20 Å². The molecule has 0 saturated carbocycles. The summed E-state index contributed by atoms with van der Waals surface area (Å²) >= 11 is 0. The molecule has 2 aliphatic rings. The molecular formula is C13H17N3O4. The first-order valence-electron chi connectivity index (χ1n) is 6.74. The number of amides is 2. The standard InChI is InChI=1S/C13H17N3O4/c1-9-13(19-8-11(17)15-9)3-6-16(7-4-13)12(18)10-2-5-14-20-10/h2,5,9H,3-4,6-8H2,1H3,(H,15,17). The number of morpholine rings is 1. The lowest BCUT2D eigenvalue weighted by atomic mass is 9.83. The molecule has 7 nitrogen and oxygen atoms in total. The van der Waals surface area contributed by atoms with Gasteiger partial charge in [-0.15, -0.1) is 0 Å². The van der Waals surface area contributed by atoms with Crippen molar-refractivity contribution in [3.63, 3.8) is 0 Å². The molecule has 3 heterocycles. The van der Waals surface area contributed by atoms with Crippen LogP contribution in [0.4, 0.5) is 0 Å². The van der Waals surface area contributed by atoms with Gasteiger partial charge in [0.15, 0.2) is 0 Å². The summed E-state index contributed by atoms with van der Waals surface area (Å²) in [5.74, 6) is 0.0278. The second-order valence-electron chi connectivity index (χ2n) is 5.31. The smallest absolute Gasteiger partial charge is 0.292 e. The number of rotatable bonds is 1. The highest BCUT2D eigenvalue weighted by Crippen LogP contribution is 2.32. The number of carbonyl (C=O) groups excluding carboxylic acids is 2. The van der Waals surface area contributed by atoms with E-state index >= 15 is 0 Å². The van der Waals surface area contributed by atoms with Crippen LogP contribution in [0.1, 0.15) is 30.3 Å². The maximum absolute atomic E-state index is 12.1. The van der Waals surface area contributed by atoms with E-state index in [-0.39, 0.29) is 35.8 Å². The van der Waals surface area contributed by atoms with Crippen LogP contribution >= 0.6 is 0 Å². The number of hydrogen-bond donors (Lipinski definition) is 1. The van der Waals surface area contributed by atoms with Gasteiger partial charge < -0.3 is 19.5 Å². The Kier molecular flexibility index (Phi) is 3.21. The maximum atomic E-state index is 12.1.